The quantitative estimate of drug-likeness (QED) is 0.873. The summed E-state index contributed by atoms with van der Waals surface area (Å²) in [6, 6.07) is 4.32. The van der Waals surface area contributed by atoms with E-state index in [9.17, 15) is 14.7 Å². The minimum absolute atomic E-state index is 0.171. The third-order valence-electron chi connectivity index (χ3n) is 2.96. The third kappa shape index (κ3) is 5.63. The Morgan fingerprint density at radius 3 is 2.41 bits per heavy atom. The average Bonchev–Trinajstić information content (AvgIpc) is 2.37. The molecule has 6 nitrogen and oxygen atoms in total. The normalized spacial score (nSPS) is 12.4. The van der Waals surface area contributed by atoms with Crippen LogP contribution < -0.4 is 10.1 Å². The zero-order valence-electron chi connectivity index (χ0n) is 13.6. The molecule has 0 aromatic heterocycles. The van der Waals surface area contributed by atoms with Crippen molar-refractivity contribution in [3.05, 3.63) is 29.3 Å². The lowest BCUT2D eigenvalue weighted by Gasteiger charge is -2.22. The molecule has 1 atom stereocenters. The van der Waals surface area contributed by atoms with Crippen molar-refractivity contribution in [2.24, 2.45) is 0 Å². The number of aliphatic carboxylic acids is 1. The predicted octanol–water partition coefficient (Wildman–Crippen LogP) is 2.52. The number of alkyl carbamates (subject to hydrolysis) is 1. The van der Waals surface area contributed by atoms with Crippen molar-refractivity contribution in [2.75, 3.05) is 7.11 Å². The molecule has 1 aromatic rings. The van der Waals surface area contributed by atoms with E-state index in [-0.39, 0.29) is 6.42 Å². The van der Waals surface area contributed by atoms with Gasteiger partial charge < -0.3 is 19.9 Å². The minimum Gasteiger partial charge on any atom is -0.497 e. The number of carbonyl (C=O) groups excluding carboxylic acids is 1. The van der Waals surface area contributed by atoms with Crippen molar-refractivity contribution in [1.29, 1.82) is 0 Å². The van der Waals surface area contributed by atoms with Gasteiger partial charge in [0.25, 0.3) is 0 Å². The number of methoxy groups -OCH3 is 1. The molecular formula is C16H23NO5. The summed E-state index contributed by atoms with van der Waals surface area (Å²) in [6.45, 7) is 7.02. The molecule has 0 spiro atoms. The fourth-order valence-electron chi connectivity index (χ4n) is 1.89. The van der Waals surface area contributed by atoms with E-state index in [2.05, 4.69) is 5.32 Å². The second-order valence-corrected chi connectivity index (χ2v) is 6.03. The Labute approximate surface area is 130 Å². The number of benzene rings is 1. The fourth-order valence-corrected chi connectivity index (χ4v) is 1.89. The molecule has 6 heteroatoms. The van der Waals surface area contributed by atoms with Crippen LogP contribution >= 0.6 is 0 Å². The molecule has 1 rings (SSSR count). The summed E-state index contributed by atoms with van der Waals surface area (Å²) in [5.74, 6) is -0.408. The van der Waals surface area contributed by atoms with Crippen LogP contribution in [0.1, 0.15) is 31.9 Å². The molecule has 0 bridgehead atoms. The highest BCUT2D eigenvalue weighted by Crippen LogP contribution is 2.18. The minimum atomic E-state index is -1.11. The van der Waals surface area contributed by atoms with Gasteiger partial charge in [0.15, 0.2) is 0 Å². The number of rotatable bonds is 5. The number of nitrogens with one attached hydrogen (secondary N) is 1. The van der Waals surface area contributed by atoms with E-state index in [0.717, 1.165) is 11.1 Å². The molecule has 0 heterocycles. The van der Waals surface area contributed by atoms with Crippen molar-refractivity contribution in [1.82, 2.24) is 5.32 Å². The summed E-state index contributed by atoms with van der Waals surface area (Å²) in [5, 5.41) is 11.7. The number of aryl methyl sites for hydroxylation is 1. The zero-order valence-corrected chi connectivity index (χ0v) is 13.6. The van der Waals surface area contributed by atoms with Gasteiger partial charge in [0.1, 0.15) is 17.4 Å². The Morgan fingerprint density at radius 2 is 1.95 bits per heavy atom. The first-order valence-electron chi connectivity index (χ1n) is 6.98. The number of amides is 1. The standard InChI is InChI=1S/C16H23NO5/c1-10-8-12(21-5)7-6-11(10)9-13(14(18)19)17-15(20)22-16(2,3)4/h6-8,13H,9H2,1-5H3,(H,17,20)(H,18,19)/t13-/m0/s1. The van der Waals surface area contributed by atoms with Crippen LogP contribution in [0, 0.1) is 6.92 Å². The maximum atomic E-state index is 11.7. The molecule has 1 aromatic carbocycles. The Bertz CT molecular complexity index is 548. The summed E-state index contributed by atoms with van der Waals surface area (Å²) in [4.78, 5) is 23.1. The van der Waals surface area contributed by atoms with Crippen LogP contribution in [-0.2, 0) is 16.0 Å². The second-order valence-electron chi connectivity index (χ2n) is 6.03. The highest BCUT2D eigenvalue weighted by molar-refractivity contribution is 5.80. The molecule has 0 unspecified atom stereocenters. The maximum Gasteiger partial charge on any atom is 0.408 e. The van der Waals surface area contributed by atoms with Gasteiger partial charge in [-0.3, -0.25) is 0 Å². The highest BCUT2D eigenvalue weighted by Gasteiger charge is 2.24. The van der Waals surface area contributed by atoms with Gasteiger partial charge in [-0.1, -0.05) is 6.07 Å². The van der Waals surface area contributed by atoms with E-state index in [1.165, 1.54) is 0 Å². The number of ether oxygens (including phenoxy) is 2. The lowest BCUT2D eigenvalue weighted by molar-refractivity contribution is -0.139. The number of hydrogen-bond acceptors (Lipinski definition) is 4. The van der Waals surface area contributed by atoms with Gasteiger partial charge in [0.05, 0.1) is 7.11 Å². The van der Waals surface area contributed by atoms with Crippen LogP contribution in [0.3, 0.4) is 0 Å². The molecule has 0 aliphatic heterocycles. The number of carbonyl (C=O) groups is 2. The van der Waals surface area contributed by atoms with Crippen LogP contribution in [0.25, 0.3) is 0 Å². The van der Waals surface area contributed by atoms with E-state index < -0.39 is 23.7 Å². The maximum absolute atomic E-state index is 11.7. The summed E-state index contributed by atoms with van der Waals surface area (Å²) < 4.78 is 10.2. The number of hydrogen-bond donors (Lipinski definition) is 2. The Hall–Kier alpha value is -2.24. The fraction of sp³-hybridized carbons (Fsp3) is 0.500. The first-order chi connectivity index (χ1) is 10.1. The van der Waals surface area contributed by atoms with Gasteiger partial charge in [0.2, 0.25) is 0 Å². The smallest absolute Gasteiger partial charge is 0.408 e. The van der Waals surface area contributed by atoms with E-state index in [1.807, 2.05) is 13.0 Å². The van der Waals surface area contributed by atoms with Crippen LogP contribution in [-0.4, -0.2) is 35.9 Å². The molecule has 0 fully saturated rings. The number of carboxylic acid groups (broad SMARTS) is 1. The summed E-state index contributed by atoms with van der Waals surface area (Å²) >= 11 is 0. The topological polar surface area (TPSA) is 84.9 Å². The van der Waals surface area contributed by atoms with Crippen molar-refractivity contribution in [3.63, 3.8) is 0 Å². The van der Waals surface area contributed by atoms with Crippen LogP contribution in [0.2, 0.25) is 0 Å². The van der Waals surface area contributed by atoms with Crippen LogP contribution in [0.15, 0.2) is 18.2 Å². The lowest BCUT2D eigenvalue weighted by atomic mass is 10.0. The van der Waals surface area contributed by atoms with Crippen molar-refractivity contribution >= 4 is 12.1 Å². The molecule has 122 valence electrons. The van der Waals surface area contributed by atoms with Gasteiger partial charge in [-0.25, -0.2) is 9.59 Å². The molecule has 0 saturated heterocycles. The Balaban J connectivity index is 2.81. The van der Waals surface area contributed by atoms with Crippen molar-refractivity contribution in [2.45, 2.75) is 45.8 Å². The molecule has 0 aliphatic carbocycles. The molecule has 0 aliphatic rings. The second kappa shape index (κ2) is 7.15. The zero-order chi connectivity index (χ0) is 16.9. The van der Waals surface area contributed by atoms with Crippen molar-refractivity contribution in [3.8, 4) is 5.75 Å². The lowest BCUT2D eigenvalue weighted by Crippen LogP contribution is -2.44. The highest BCUT2D eigenvalue weighted by atomic mass is 16.6. The average molecular weight is 309 g/mol. The monoisotopic (exact) mass is 309 g/mol. The van der Waals surface area contributed by atoms with E-state index in [0.29, 0.717) is 5.75 Å². The van der Waals surface area contributed by atoms with E-state index >= 15 is 0 Å². The molecule has 22 heavy (non-hydrogen) atoms. The summed E-state index contributed by atoms with van der Waals surface area (Å²) in [7, 11) is 1.57. The molecule has 2 N–H and O–H groups in total. The van der Waals surface area contributed by atoms with E-state index in [4.69, 9.17) is 9.47 Å². The van der Waals surface area contributed by atoms with Gasteiger partial charge in [-0.15, -0.1) is 0 Å². The first-order valence-corrected chi connectivity index (χ1v) is 6.98. The van der Waals surface area contributed by atoms with Gasteiger partial charge in [0, 0.05) is 6.42 Å². The SMILES string of the molecule is COc1ccc(C[C@H](NC(=O)OC(C)(C)C)C(=O)O)c(C)c1. The summed E-state index contributed by atoms with van der Waals surface area (Å²) in [5.41, 5.74) is 1.05. The molecular weight excluding hydrogens is 286 g/mol. The van der Waals surface area contributed by atoms with Gasteiger partial charge >= 0.3 is 12.1 Å². The Kier molecular flexibility index (Phi) is 5.79. The molecule has 0 radical (unpaired) electrons. The molecule has 0 saturated carbocycles. The van der Waals surface area contributed by atoms with E-state index in [1.54, 1.807) is 40.0 Å². The van der Waals surface area contributed by atoms with Crippen LogP contribution in [0.4, 0.5) is 4.79 Å². The predicted molar refractivity (Wildman–Crippen MR) is 82.2 cm³/mol. The largest absolute Gasteiger partial charge is 0.497 e. The molecule has 1 amide bonds. The third-order valence-corrected chi connectivity index (χ3v) is 2.96. The van der Waals surface area contributed by atoms with Gasteiger partial charge in [-0.05, 0) is 51.0 Å². The van der Waals surface area contributed by atoms with Crippen molar-refractivity contribution < 1.29 is 24.2 Å². The first kappa shape index (κ1) is 17.8. The van der Waals surface area contributed by atoms with Crippen LogP contribution in [0.5, 0.6) is 5.75 Å². The summed E-state index contributed by atoms with van der Waals surface area (Å²) in [6.07, 6.45) is -0.573. The van der Waals surface area contributed by atoms with Gasteiger partial charge in [-0.2, -0.15) is 0 Å². The number of carboxylic acids is 1. The Morgan fingerprint density at radius 1 is 1.32 bits per heavy atom.